The highest BCUT2D eigenvalue weighted by molar-refractivity contribution is 6.13. The molecule has 1 aliphatic heterocycles. The van der Waals surface area contributed by atoms with Gasteiger partial charge in [0.25, 0.3) is 0 Å². The minimum atomic E-state index is 0.840. The molecular formula is C48H30N2O2. The Morgan fingerprint density at radius 1 is 0.404 bits per heavy atom. The van der Waals surface area contributed by atoms with Gasteiger partial charge in [0.1, 0.15) is 17.1 Å². The van der Waals surface area contributed by atoms with Crippen LogP contribution in [0.25, 0.3) is 71.7 Å². The standard InChI is InChI=1S/C48H30N2O2/c1-2-13-31(14-3-1)50-42-20-8-4-15-35(42)41-30-33(26-28-43(41)50)49(44-21-12-19-39-37-17-6-11-24-47(37)52-48(39)44)32-25-27-34-36-16-5-9-22-45(36)51-46-23-10-7-18-38(46)40(34)29-32/h1-30H. The lowest BCUT2D eigenvalue weighted by Crippen LogP contribution is -2.10. The molecule has 11 rings (SSSR count). The maximum Gasteiger partial charge on any atom is 0.159 e. The van der Waals surface area contributed by atoms with Crippen LogP contribution in [0, 0.1) is 0 Å². The Morgan fingerprint density at radius 2 is 1.04 bits per heavy atom. The third-order valence-corrected chi connectivity index (χ3v) is 10.4. The van der Waals surface area contributed by atoms with Crippen LogP contribution in [-0.2, 0) is 0 Å². The molecule has 8 aromatic carbocycles. The fourth-order valence-electron chi connectivity index (χ4n) is 8.09. The first-order chi connectivity index (χ1) is 25.8. The Kier molecular flexibility index (Phi) is 6.22. The van der Waals surface area contributed by atoms with E-state index in [0.29, 0.717) is 0 Å². The van der Waals surface area contributed by atoms with Crippen LogP contribution in [0.1, 0.15) is 0 Å². The average molecular weight is 667 g/mol. The molecule has 0 aliphatic carbocycles. The topological polar surface area (TPSA) is 30.5 Å². The highest BCUT2D eigenvalue weighted by atomic mass is 16.5. The van der Waals surface area contributed by atoms with Gasteiger partial charge in [0.15, 0.2) is 5.58 Å². The zero-order chi connectivity index (χ0) is 34.2. The van der Waals surface area contributed by atoms with E-state index in [1.807, 2.05) is 30.3 Å². The smallest absolute Gasteiger partial charge is 0.159 e. The van der Waals surface area contributed by atoms with Crippen LogP contribution in [0.15, 0.2) is 186 Å². The van der Waals surface area contributed by atoms with Gasteiger partial charge in [-0.3, -0.25) is 0 Å². The maximum absolute atomic E-state index is 6.70. The Bertz CT molecular complexity index is 3010. The minimum Gasteiger partial charge on any atom is -0.456 e. The van der Waals surface area contributed by atoms with Crippen molar-refractivity contribution in [2.75, 3.05) is 4.90 Å². The highest BCUT2D eigenvalue weighted by Crippen LogP contribution is 2.50. The van der Waals surface area contributed by atoms with Crippen molar-refractivity contribution in [1.29, 1.82) is 0 Å². The Morgan fingerprint density at radius 3 is 1.88 bits per heavy atom. The molecule has 52 heavy (non-hydrogen) atoms. The van der Waals surface area contributed by atoms with Crippen molar-refractivity contribution in [3.63, 3.8) is 0 Å². The average Bonchev–Trinajstić information content (AvgIpc) is 3.71. The second kappa shape index (κ2) is 11.2. The molecule has 3 heterocycles. The summed E-state index contributed by atoms with van der Waals surface area (Å²) in [7, 11) is 0. The fraction of sp³-hybridized carbons (Fsp3) is 0. The largest absolute Gasteiger partial charge is 0.456 e. The van der Waals surface area contributed by atoms with Crippen LogP contribution < -0.4 is 9.64 Å². The highest BCUT2D eigenvalue weighted by Gasteiger charge is 2.25. The molecule has 4 nitrogen and oxygen atoms in total. The molecule has 10 aromatic rings. The molecule has 0 unspecified atom stereocenters. The van der Waals surface area contributed by atoms with Crippen molar-refractivity contribution in [3.8, 4) is 39.4 Å². The number of hydrogen-bond acceptors (Lipinski definition) is 3. The molecule has 4 heteroatoms. The second-order valence-corrected chi connectivity index (χ2v) is 13.3. The van der Waals surface area contributed by atoms with Gasteiger partial charge in [-0.05, 0) is 83.9 Å². The molecule has 0 atom stereocenters. The molecule has 0 N–H and O–H groups in total. The van der Waals surface area contributed by atoms with Gasteiger partial charge < -0.3 is 18.6 Å². The van der Waals surface area contributed by atoms with Crippen LogP contribution in [-0.4, -0.2) is 4.57 Å². The van der Waals surface area contributed by atoms with E-state index in [9.17, 15) is 0 Å². The third-order valence-electron chi connectivity index (χ3n) is 10.4. The quantitative estimate of drug-likeness (QED) is 0.187. The number of ether oxygens (including phenoxy) is 1. The molecule has 2 aromatic heterocycles. The molecule has 0 radical (unpaired) electrons. The summed E-state index contributed by atoms with van der Waals surface area (Å²) in [5.41, 5.74) is 12.6. The lowest BCUT2D eigenvalue weighted by Gasteiger charge is -2.27. The molecule has 0 spiro atoms. The SMILES string of the molecule is c1ccc(-n2c3ccccc3c3cc(N(c4ccc5c(c4)-c4ccccc4Oc4ccccc4-5)c4cccc5c4oc4ccccc45)ccc32)cc1. The lowest BCUT2D eigenvalue weighted by atomic mass is 9.93. The van der Waals surface area contributed by atoms with E-state index in [-0.39, 0.29) is 0 Å². The molecule has 0 saturated heterocycles. The second-order valence-electron chi connectivity index (χ2n) is 13.3. The summed E-state index contributed by atoms with van der Waals surface area (Å²) >= 11 is 0. The Labute approximate surface area is 300 Å². The van der Waals surface area contributed by atoms with Crippen molar-refractivity contribution < 1.29 is 9.15 Å². The Balaban J connectivity index is 1.20. The number of furan rings is 1. The molecule has 244 valence electrons. The number of aromatic nitrogens is 1. The first kappa shape index (κ1) is 28.8. The van der Waals surface area contributed by atoms with Crippen LogP contribution in [0.3, 0.4) is 0 Å². The molecule has 0 bridgehead atoms. The van der Waals surface area contributed by atoms with Crippen LogP contribution in [0.5, 0.6) is 11.5 Å². The van der Waals surface area contributed by atoms with Gasteiger partial charge in [0.05, 0.1) is 16.7 Å². The zero-order valence-corrected chi connectivity index (χ0v) is 28.0. The minimum absolute atomic E-state index is 0.840. The van der Waals surface area contributed by atoms with Gasteiger partial charge in [-0.1, -0.05) is 109 Å². The molecule has 1 aliphatic rings. The summed E-state index contributed by atoms with van der Waals surface area (Å²) in [6.45, 7) is 0. The van der Waals surface area contributed by atoms with E-state index < -0.39 is 0 Å². The van der Waals surface area contributed by atoms with Gasteiger partial charge in [-0.25, -0.2) is 0 Å². The van der Waals surface area contributed by atoms with Crippen LogP contribution >= 0.6 is 0 Å². The van der Waals surface area contributed by atoms with Gasteiger partial charge in [-0.2, -0.15) is 0 Å². The number of benzene rings is 8. The number of anilines is 3. The lowest BCUT2D eigenvalue weighted by molar-refractivity contribution is 0.488. The first-order valence-electron chi connectivity index (χ1n) is 17.6. The Hall–Kier alpha value is -7.04. The van der Waals surface area contributed by atoms with Gasteiger partial charge in [-0.15, -0.1) is 0 Å². The third kappa shape index (κ3) is 4.28. The summed E-state index contributed by atoms with van der Waals surface area (Å²) in [5.74, 6) is 1.69. The summed E-state index contributed by atoms with van der Waals surface area (Å²) in [4.78, 5) is 2.35. The van der Waals surface area contributed by atoms with Crippen LogP contribution in [0.2, 0.25) is 0 Å². The summed E-state index contributed by atoms with van der Waals surface area (Å²) < 4.78 is 15.6. The molecule has 0 saturated carbocycles. The summed E-state index contributed by atoms with van der Waals surface area (Å²) in [6.07, 6.45) is 0. The van der Waals surface area contributed by atoms with Crippen molar-refractivity contribution in [2.45, 2.75) is 0 Å². The normalized spacial score (nSPS) is 12.0. The molecule has 0 amide bonds. The van der Waals surface area contributed by atoms with E-state index in [2.05, 4.69) is 161 Å². The van der Waals surface area contributed by atoms with E-state index in [1.165, 1.54) is 16.3 Å². The van der Waals surface area contributed by atoms with Crippen molar-refractivity contribution >= 4 is 60.8 Å². The molecule has 0 fully saturated rings. The first-order valence-corrected chi connectivity index (χ1v) is 17.6. The number of hydrogen-bond donors (Lipinski definition) is 0. The van der Waals surface area contributed by atoms with E-state index in [0.717, 1.165) is 84.0 Å². The number of fused-ring (bicyclic) bond motifs is 11. The monoisotopic (exact) mass is 666 g/mol. The number of nitrogens with zero attached hydrogens (tertiary/aromatic N) is 2. The summed E-state index contributed by atoms with van der Waals surface area (Å²) in [5, 5.41) is 4.57. The van der Waals surface area contributed by atoms with Gasteiger partial charge in [0, 0.05) is 49.7 Å². The number of para-hydroxylation sites is 6. The van der Waals surface area contributed by atoms with Gasteiger partial charge in [0.2, 0.25) is 0 Å². The van der Waals surface area contributed by atoms with Crippen molar-refractivity contribution in [1.82, 2.24) is 4.57 Å². The van der Waals surface area contributed by atoms with E-state index in [1.54, 1.807) is 0 Å². The maximum atomic E-state index is 6.70. The summed E-state index contributed by atoms with van der Waals surface area (Å²) in [6, 6.07) is 64.2. The fourth-order valence-corrected chi connectivity index (χ4v) is 8.09. The van der Waals surface area contributed by atoms with Crippen LogP contribution in [0.4, 0.5) is 17.1 Å². The van der Waals surface area contributed by atoms with Crippen molar-refractivity contribution in [3.05, 3.63) is 182 Å². The van der Waals surface area contributed by atoms with E-state index >= 15 is 0 Å². The zero-order valence-electron chi connectivity index (χ0n) is 28.0. The predicted octanol–water partition coefficient (Wildman–Crippen LogP) is 13.6. The van der Waals surface area contributed by atoms with E-state index in [4.69, 9.17) is 9.15 Å². The van der Waals surface area contributed by atoms with Gasteiger partial charge >= 0.3 is 0 Å². The number of rotatable bonds is 4. The predicted molar refractivity (Wildman–Crippen MR) is 214 cm³/mol. The molecular weight excluding hydrogens is 637 g/mol. The van der Waals surface area contributed by atoms with Crippen molar-refractivity contribution in [2.24, 2.45) is 0 Å².